The third-order valence-electron chi connectivity index (χ3n) is 1.84. The molecular weight excluding hydrogens is 142 g/mol. The average molecular weight is 153 g/mol. The van der Waals surface area contributed by atoms with E-state index in [1.54, 1.807) is 0 Å². The second-order valence-corrected chi connectivity index (χ2v) is 2.73. The number of hydrogen-bond donors (Lipinski definition) is 2. The first-order valence-electron chi connectivity index (χ1n) is 3.64. The Morgan fingerprint density at radius 3 is 3.00 bits per heavy atom. The Labute approximate surface area is 65.2 Å². The van der Waals surface area contributed by atoms with Gasteiger partial charge in [0.05, 0.1) is 6.42 Å². The number of allylic oxidation sites excluding steroid dienone is 2. The van der Waals surface area contributed by atoms with Crippen LogP contribution >= 0.6 is 0 Å². The Balaban J connectivity index is 2.51. The zero-order chi connectivity index (χ0) is 8.27. The van der Waals surface area contributed by atoms with Crippen molar-refractivity contribution in [1.82, 2.24) is 0 Å². The van der Waals surface area contributed by atoms with Crippen molar-refractivity contribution in [3.63, 3.8) is 0 Å². The van der Waals surface area contributed by atoms with Gasteiger partial charge in [0, 0.05) is 18.1 Å². The van der Waals surface area contributed by atoms with Crippen LogP contribution < -0.4 is 0 Å². The number of rotatable bonds is 2. The molecule has 0 aromatic carbocycles. The van der Waals surface area contributed by atoms with Crippen LogP contribution in [-0.2, 0) is 4.79 Å². The van der Waals surface area contributed by atoms with Gasteiger partial charge in [-0.05, 0) is 6.42 Å². The monoisotopic (exact) mass is 153 g/mol. The Kier molecular flexibility index (Phi) is 2.41. The minimum absolute atomic E-state index is 0.0579. The van der Waals surface area contributed by atoms with E-state index in [9.17, 15) is 4.79 Å². The van der Waals surface area contributed by atoms with Crippen molar-refractivity contribution >= 4 is 11.7 Å². The molecule has 1 unspecified atom stereocenters. The average Bonchev–Trinajstić information content (AvgIpc) is 1.93. The molecule has 3 heteroatoms. The first-order valence-corrected chi connectivity index (χ1v) is 3.64. The lowest BCUT2D eigenvalue weighted by Gasteiger charge is -2.16. The summed E-state index contributed by atoms with van der Waals surface area (Å²) in [4.78, 5) is 10.3. The molecule has 60 valence electrons. The summed E-state index contributed by atoms with van der Waals surface area (Å²) in [5, 5.41) is 15.9. The smallest absolute Gasteiger partial charge is 0.304 e. The molecule has 1 aliphatic carbocycles. The lowest BCUT2D eigenvalue weighted by molar-refractivity contribution is -0.137. The maximum Gasteiger partial charge on any atom is 0.304 e. The van der Waals surface area contributed by atoms with Crippen molar-refractivity contribution in [2.24, 2.45) is 5.92 Å². The van der Waals surface area contributed by atoms with Crippen LogP contribution in [0.4, 0.5) is 0 Å². The molecule has 11 heavy (non-hydrogen) atoms. The van der Waals surface area contributed by atoms with Gasteiger partial charge in [0.2, 0.25) is 0 Å². The third kappa shape index (κ3) is 2.18. The van der Waals surface area contributed by atoms with Gasteiger partial charge in [-0.1, -0.05) is 12.2 Å². The van der Waals surface area contributed by atoms with E-state index in [2.05, 4.69) is 0 Å². The van der Waals surface area contributed by atoms with Crippen molar-refractivity contribution < 1.29 is 9.90 Å². The second kappa shape index (κ2) is 3.32. The van der Waals surface area contributed by atoms with E-state index in [0.717, 1.165) is 0 Å². The van der Waals surface area contributed by atoms with E-state index < -0.39 is 5.97 Å². The van der Waals surface area contributed by atoms with Crippen LogP contribution in [0, 0.1) is 11.3 Å². The molecular formula is C8H11NO2. The molecule has 0 aromatic rings. The highest BCUT2D eigenvalue weighted by Gasteiger charge is 2.18. The van der Waals surface area contributed by atoms with Gasteiger partial charge in [-0.3, -0.25) is 4.79 Å². The molecule has 0 heterocycles. The summed E-state index contributed by atoms with van der Waals surface area (Å²) in [6.07, 6.45) is 5.30. The summed E-state index contributed by atoms with van der Waals surface area (Å²) in [6, 6.07) is 0. The summed E-state index contributed by atoms with van der Waals surface area (Å²) < 4.78 is 0. The van der Waals surface area contributed by atoms with E-state index in [4.69, 9.17) is 10.5 Å². The van der Waals surface area contributed by atoms with Crippen LogP contribution in [0.15, 0.2) is 12.2 Å². The van der Waals surface area contributed by atoms with Gasteiger partial charge in [-0.15, -0.1) is 0 Å². The van der Waals surface area contributed by atoms with Gasteiger partial charge in [0.15, 0.2) is 0 Å². The molecule has 0 bridgehead atoms. The highest BCUT2D eigenvalue weighted by atomic mass is 16.4. The zero-order valence-electron chi connectivity index (χ0n) is 6.21. The molecule has 2 N–H and O–H groups in total. The van der Waals surface area contributed by atoms with Crippen LogP contribution in [0.25, 0.3) is 0 Å². The van der Waals surface area contributed by atoms with E-state index in [-0.39, 0.29) is 12.3 Å². The normalized spacial score (nSPS) is 23.6. The molecule has 3 nitrogen and oxygen atoms in total. The molecule has 0 fully saturated rings. The molecule has 0 spiro atoms. The number of hydrogen-bond acceptors (Lipinski definition) is 2. The number of carboxylic acids is 1. The highest BCUT2D eigenvalue weighted by Crippen LogP contribution is 2.17. The predicted molar refractivity (Wildman–Crippen MR) is 41.8 cm³/mol. The third-order valence-corrected chi connectivity index (χ3v) is 1.84. The minimum Gasteiger partial charge on any atom is -0.481 e. The summed E-state index contributed by atoms with van der Waals surface area (Å²) in [5.41, 5.74) is 0.551. The quantitative estimate of drug-likeness (QED) is 0.590. The largest absolute Gasteiger partial charge is 0.481 e. The van der Waals surface area contributed by atoms with E-state index in [1.165, 1.54) is 0 Å². The van der Waals surface area contributed by atoms with Gasteiger partial charge in [-0.2, -0.15) is 0 Å². The lowest BCUT2D eigenvalue weighted by Crippen LogP contribution is -2.18. The standard InChI is InChI=1S/C8H11NO2/c9-7-4-2-1-3-6(7)5-8(10)11/h1-2,6,9H,3-5H2,(H,10,11). The summed E-state index contributed by atoms with van der Waals surface area (Å²) in [5.74, 6) is -0.868. The van der Waals surface area contributed by atoms with Crippen molar-refractivity contribution in [1.29, 1.82) is 5.41 Å². The van der Waals surface area contributed by atoms with Crippen LogP contribution in [-0.4, -0.2) is 16.8 Å². The molecule has 0 amide bonds. The molecule has 1 atom stereocenters. The summed E-state index contributed by atoms with van der Waals surface area (Å²) >= 11 is 0. The van der Waals surface area contributed by atoms with Crippen LogP contribution in [0.3, 0.4) is 0 Å². The number of aliphatic carboxylic acids is 1. The molecule has 0 saturated carbocycles. The Morgan fingerprint density at radius 2 is 2.45 bits per heavy atom. The summed E-state index contributed by atoms with van der Waals surface area (Å²) in [7, 11) is 0. The number of carboxylic acid groups (broad SMARTS) is 1. The maximum atomic E-state index is 10.3. The van der Waals surface area contributed by atoms with Crippen molar-refractivity contribution in [3.05, 3.63) is 12.2 Å². The van der Waals surface area contributed by atoms with Gasteiger partial charge >= 0.3 is 5.97 Å². The first kappa shape index (κ1) is 7.98. The molecule has 0 aliphatic heterocycles. The Bertz CT molecular complexity index is 208. The highest BCUT2D eigenvalue weighted by molar-refractivity contribution is 5.89. The first-order chi connectivity index (χ1) is 5.20. The number of carbonyl (C=O) groups is 1. The fourth-order valence-corrected chi connectivity index (χ4v) is 1.20. The zero-order valence-corrected chi connectivity index (χ0v) is 6.21. The fourth-order valence-electron chi connectivity index (χ4n) is 1.20. The number of nitrogens with one attached hydrogen (secondary N) is 1. The van der Waals surface area contributed by atoms with Crippen molar-refractivity contribution in [3.8, 4) is 0 Å². The van der Waals surface area contributed by atoms with Gasteiger partial charge in [-0.25, -0.2) is 0 Å². The topological polar surface area (TPSA) is 61.2 Å². The summed E-state index contributed by atoms with van der Waals surface area (Å²) in [6.45, 7) is 0. The molecule has 0 saturated heterocycles. The van der Waals surface area contributed by atoms with Crippen molar-refractivity contribution in [2.75, 3.05) is 0 Å². The SMILES string of the molecule is N=C1CC=CCC1CC(=O)O. The van der Waals surface area contributed by atoms with Gasteiger partial charge in [0.1, 0.15) is 0 Å². The fraction of sp³-hybridized carbons (Fsp3) is 0.500. The van der Waals surface area contributed by atoms with E-state index in [1.807, 2.05) is 12.2 Å². The molecule has 0 aromatic heterocycles. The van der Waals surface area contributed by atoms with E-state index >= 15 is 0 Å². The lowest BCUT2D eigenvalue weighted by atomic mass is 9.90. The molecule has 1 rings (SSSR count). The van der Waals surface area contributed by atoms with Crippen LogP contribution in [0.5, 0.6) is 0 Å². The van der Waals surface area contributed by atoms with Crippen LogP contribution in [0.2, 0.25) is 0 Å². The van der Waals surface area contributed by atoms with Crippen LogP contribution in [0.1, 0.15) is 19.3 Å². The predicted octanol–water partition coefficient (Wildman–Crippen LogP) is 1.45. The molecule has 0 radical (unpaired) electrons. The molecule has 1 aliphatic rings. The Morgan fingerprint density at radius 1 is 1.73 bits per heavy atom. The maximum absolute atomic E-state index is 10.3. The Hall–Kier alpha value is -1.12. The van der Waals surface area contributed by atoms with Gasteiger partial charge < -0.3 is 10.5 Å². The van der Waals surface area contributed by atoms with Crippen molar-refractivity contribution in [2.45, 2.75) is 19.3 Å². The second-order valence-electron chi connectivity index (χ2n) is 2.73. The minimum atomic E-state index is -0.810. The van der Waals surface area contributed by atoms with Gasteiger partial charge in [0.25, 0.3) is 0 Å². The van der Waals surface area contributed by atoms with E-state index in [0.29, 0.717) is 18.6 Å².